The van der Waals surface area contributed by atoms with E-state index in [1.165, 1.54) is 16.4 Å². The van der Waals surface area contributed by atoms with Gasteiger partial charge in [0.05, 0.1) is 16.6 Å². The van der Waals surface area contributed by atoms with Crippen LogP contribution >= 0.6 is 0 Å². The van der Waals surface area contributed by atoms with Crippen molar-refractivity contribution in [1.29, 1.82) is 0 Å². The van der Waals surface area contributed by atoms with Gasteiger partial charge in [-0.1, -0.05) is 6.07 Å². The molecular weight excluding hydrogens is 418 g/mol. The Kier molecular flexibility index (Phi) is 5.09. The molecule has 0 saturated carbocycles. The number of hydrogen-bond acceptors (Lipinski definition) is 8. The summed E-state index contributed by atoms with van der Waals surface area (Å²) < 4.78 is 25.0. The molecule has 2 aromatic heterocycles. The zero-order valence-corrected chi connectivity index (χ0v) is 18.0. The van der Waals surface area contributed by atoms with Crippen LogP contribution in [0.5, 0.6) is 0 Å². The summed E-state index contributed by atoms with van der Waals surface area (Å²) in [6.07, 6.45) is 7.19. The third-order valence-corrected chi connectivity index (χ3v) is 8.14. The summed E-state index contributed by atoms with van der Waals surface area (Å²) in [5, 5.41) is 12.4. The summed E-state index contributed by atoms with van der Waals surface area (Å²) in [6, 6.07) is 3.94. The molecule has 0 bridgehead atoms. The number of aromatic nitrogens is 5. The van der Waals surface area contributed by atoms with Crippen LogP contribution in [0.15, 0.2) is 35.8 Å². The van der Waals surface area contributed by atoms with Crippen LogP contribution < -0.4 is 0 Å². The Hall–Kier alpha value is -2.66. The van der Waals surface area contributed by atoms with Gasteiger partial charge in [-0.3, -0.25) is 4.79 Å². The predicted molar refractivity (Wildman–Crippen MR) is 112 cm³/mol. The van der Waals surface area contributed by atoms with Crippen molar-refractivity contribution in [2.75, 3.05) is 31.9 Å². The molecule has 3 aliphatic heterocycles. The molecule has 1 spiro atoms. The third kappa shape index (κ3) is 3.99. The molecule has 10 nitrogen and oxygen atoms in total. The van der Waals surface area contributed by atoms with Gasteiger partial charge >= 0.3 is 0 Å². The molecule has 0 aliphatic carbocycles. The molecule has 0 radical (unpaired) electrons. The Morgan fingerprint density at radius 2 is 1.90 bits per heavy atom. The van der Waals surface area contributed by atoms with Gasteiger partial charge < -0.3 is 9.80 Å². The fourth-order valence-electron chi connectivity index (χ4n) is 4.79. The molecule has 5 heterocycles. The number of tetrazole rings is 1. The van der Waals surface area contributed by atoms with E-state index in [1.54, 1.807) is 4.90 Å². The molecule has 0 aromatic carbocycles. The molecule has 2 aromatic rings. The van der Waals surface area contributed by atoms with Crippen molar-refractivity contribution >= 4 is 15.7 Å². The lowest BCUT2D eigenvalue weighted by molar-refractivity contribution is -0.136. The van der Waals surface area contributed by atoms with Gasteiger partial charge in [0.1, 0.15) is 6.33 Å². The van der Waals surface area contributed by atoms with Gasteiger partial charge in [0.15, 0.2) is 15.7 Å². The SMILES string of the molecule is O=C1N(C2=CS(=O)(=O)CC2)CCC12CCN(CCc1ccc(-n3cnnn3)nc1)CC2. The standard InChI is InChI=1S/C20H25N7O3S/c28-19-20(7-11-26(19)17-4-12-31(29,30)14-17)5-9-25(10-6-20)8-3-16-1-2-18(21-13-16)27-15-22-23-24-27/h1-2,13-15H,3-12H2. The number of likely N-dealkylation sites (tertiary alicyclic amines) is 2. The van der Waals surface area contributed by atoms with E-state index < -0.39 is 9.84 Å². The van der Waals surface area contributed by atoms with E-state index in [-0.39, 0.29) is 17.1 Å². The van der Waals surface area contributed by atoms with Crippen molar-refractivity contribution < 1.29 is 13.2 Å². The molecule has 164 valence electrons. The first-order valence-electron chi connectivity index (χ1n) is 10.6. The van der Waals surface area contributed by atoms with Crippen molar-refractivity contribution in [1.82, 2.24) is 35.0 Å². The maximum absolute atomic E-state index is 13.1. The van der Waals surface area contributed by atoms with Crippen molar-refractivity contribution in [2.45, 2.75) is 32.1 Å². The Balaban J connectivity index is 1.14. The Morgan fingerprint density at radius 1 is 1.10 bits per heavy atom. The van der Waals surface area contributed by atoms with Gasteiger partial charge in [0, 0.05) is 31.4 Å². The average molecular weight is 444 g/mol. The second kappa shape index (κ2) is 7.79. The van der Waals surface area contributed by atoms with E-state index >= 15 is 0 Å². The molecule has 2 saturated heterocycles. The van der Waals surface area contributed by atoms with Crippen molar-refractivity contribution in [3.63, 3.8) is 0 Å². The van der Waals surface area contributed by atoms with Crippen LogP contribution in [0.1, 0.15) is 31.2 Å². The summed E-state index contributed by atoms with van der Waals surface area (Å²) in [6.45, 7) is 3.32. The highest BCUT2D eigenvalue weighted by Crippen LogP contribution is 2.43. The highest BCUT2D eigenvalue weighted by atomic mass is 32.2. The smallest absolute Gasteiger partial charge is 0.233 e. The number of allylic oxidation sites excluding steroid dienone is 1. The normalized spacial score (nSPS) is 22.9. The molecule has 0 N–H and O–H groups in total. The van der Waals surface area contributed by atoms with Crippen LogP contribution in [0, 0.1) is 5.41 Å². The van der Waals surface area contributed by atoms with E-state index in [2.05, 4.69) is 25.4 Å². The molecule has 31 heavy (non-hydrogen) atoms. The maximum atomic E-state index is 13.1. The summed E-state index contributed by atoms with van der Waals surface area (Å²) in [4.78, 5) is 21.7. The second-order valence-electron chi connectivity index (χ2n) is 8.58. The first kappa shape index (κ1) is 20.3. The molecule has 1 amide bonds. The van der Waals surface area contributed by atoms with Crippen molar-refractivity contribution in [3.05, 3.63) is 41.3 Å². The number of hydrogen-bond donors (Lipinski definition) is 0. The van der Waals surface area contributed by atoms with Gasteiger partial charge in [-0.2, -0.15) is 4.68 Å². The lowest BCUT2D eigenvalue weighted by atomic mass is 9.77. The quantitative estimate of drug-likeness (QED) is 0.659. The topological polar surface area (TPSA) is 114 Å². The predicted octanol–water partition coefficient (Wildman–Crippen LogP) is 0.574. The van der Waals surface area contributed by atoms with E-state index in [4.69, 9.17) is 0 Å². The number of amides is 1. The van der Waals surface area contributed by atoms with Crippen LogP contribution in [0.4, 0.5) is 0 Å². The minimum absolute atomic E-state index is 0.123. The van der Waals surface area contributed by atoms with Crippen LogP contribution in [-0.4, -0.2) is 81.2 Å². The van der Waals surface area contributed by atoms with E-state index in [0.717, 1.165) is 50.9 Å². The van der Waals surface area contributed by atoms with Crippen molar-refractivity contribution in [3.8, 4) is 5.82 Å². The number of sulfone groups is 1. The molecule has 2 fully saturated rings. The minimum atomic E-state index is -3.14. The molecule has 0 unspecified atom stereocenters. The van der Waals surface area contributed by atoms with Crippen LogP contribution in [0.3, 0.4) is 0 Å². The Morgan fingerprint density at radius 3 is 2.55 bits per heavy atom. The highest BCUT2D eigenvalue weighted by Gasteiger charge is 2.49. The first-order valence-corrected chi connectivity index (χ1v) is 12.3. The van der Waals surface area contributed by atoms with Gasteiger partial charge in [-0.15, -0.1) is 5.10 Å². The summed E-state index contributed by atoms with van der Waals surface area (Å²) in [5.74, 6) is 0.930. The summed E-state index contributed by atoms with van der Waals surface area (Å²) >= 11 is 0. The lowest BCUT2D eigenvalue weighted by Gasteiger charge is -2.38. The number of rotatable bonds is 5. The maximum Gasteiger partial charge on any atom is 0.233 e. The number of pyridine rings is 1. The van der Waals surface area contributed by atoms with E-state index in [0.29, 0.717) is 24.5 Å². The summed E-state index contributed by atoms with van der Waals surface area (Å²) in [5.41, 5.74) is 1.51. The average Bonchev–Trinajstić information content (AvgIpc) is 3.49. The third-order valence-electron chi connectivity index (χ3n) is 6.74. The molecule has 11 heteroatoms. The zero-order chi connectivity index (χ0) is 21.5. The molecule has 5 rings (SSSR count). The minimum Gasteiger partial charge on any atom is -0.315 e. The number of nitrogens with zero attached hydrogens (tertiary/aromatic N) is 7. The largest absolute Gasteiger partial charge is 0.315 e. The molecule has 3 aliphatic rings. The van der Waals surface area contributed by atoms with Gasteiger partial charge in [-0.25, -0.2) is 13.4 Å². The fourth-order valence-corrected chi connectivity index (χ4v) is 6.06. The monoisotopic (exact) mass is 443 g/mol. The molecular formula is C20H25N7O3S. The summed E-state index contributed by atoms with van der Waals surface area (Å²) in [7, 11) is -3.14. The van der Waals surface area contributed by atoms with Gasteiger partial charge in [-0.05, 0) is 60.8 Å². The zero-order valence-electron chi connectivity index (χ0n) is 17.2. The van der Waals surface area contributed by atoms with Gasteiger partial charge in [0.2, 0.25) is 5.91 Å². The first-order chi connectivity index (χ1) is 14.9. The highest BCUT2D eigenvalue weighted by molar-refractivity contribution is 7.94. The van der Waals surface area contributed by atoms with Crippen LogP contribution in [0.25, 0.3) is 5.82 Å². The van der Waals surface area contributed by atoms with Gasteiger partial charge in [0.25, 0.3) is 0 Å². The Bertz CT molecular complexity index is 1090. The number of carbonyl (C=O) groups is 1. The van der Waals surface area contributed by atoms with Crippen LogP contribution in [0.2, 0.25) is 0 Å². The number of carbonyl (C=O) groups excluding carboxylic acids is 1. The fraction of sp³-hybridized carbons (Fsp3) is 0.550. The van der Waals surface area contributed by atoms with Crippen molar-refractivity contribution in [2.24, 2.45) is 5.41 Å². The second-order valence-corrected chi connectivity index (χ2v) is 10.6. The van der Waals surface area contributed by atoms with E-state index in [9.17, 15) is 13.2 Å². The number of piperidine rings is 1. The Labute approximate surface area is 180 Å². The van der Waals surface area contributed by atoms with Crippen LogP contribution in [-0.2, 0) is 21.1 Å². The van der Waals surface area contributed by atoms with E-state index in [1.807, 2.05) is 18.3 Å². The molecule has 0 atom stereocenters. The lowest BCUT2D eigenvalue weighted by Crippen LogP contribution is -2.45.